The number of carbonyl (C=O) groups is 3. The van der Waals surface area contributed by atoms with Crippen molar-refractivity contribution in [2.24, 2.45) is 0 Å². The van der Waals surface area contributed by atoms with Crippen LogP contribution < -0.4 is 0 Å². The minimum atomic E-state index is -1.08. The smallest absolute Gasteiger partial charge is 0.362 e. The standard InChI is InChI=1S/C33H63NO6/c1-5-9-10-11-12-13-14-15-16-17-18-19-20-21-22-23-27-34(28(24-6-2)31(35)36,29(25-7-3)32(37)38)30(26-8-4)33(39)40/h28-30H,5-27H2,1-4H3,(H2-,35,36,37,38,39,40)/p+1. The first-order valence-corrected chi connectivity index (χ1v) is 16.8. The van der Waals surface area contributed by atoms with Gasteiger partial charge in [-0.3, -0.25) is 4.48 Å². The maximum Gasteiger partial charge on any atom is 0.362 e. The van der Waals surface area contributed by atoms with Crippen molar-refractivity contribution in [2.45, 2.75) is 187 Å². The molecule has 0 aliphatic rings. The van der Waals surface area contributed by atoms with E-state index in [1.807, 2.05) is 20.8 Å². The van der Waals surface area contributed by atoms with Crippen molar-refractivity contribution in [3.05, 3.63) is 0 Å². The van der Waals surface area contributed by atoms with Gasteiger partial charge >= 0.3 is 17.9 Å². The normalized spacial score (nSPS) is 15.3. The lowest BCUT2D eigenvalue weighted by Gasteiger charge is -2.50. The van der Waals surface area contributed by atoms with E-state index in [9.17, 15) is 29.7 Å². The van der Waals surface area contributed by atoms with Crippen molar-refractivity contribution in [1.29, 1.82) is 0 Å². The van der Waals surface area contributed by atoms with Crippen molar-refractivity contribution >= 4 is 17.9 Å². The molecule has 0 rings (SSSR count). The van der Waals surface area contributed by atoms with Crippen molar-refractivity contribution < 1.29 is 34.2 Å². The number of carboxylic acid groups (broad SMARTS) is 3. The molecule has 0 aromatic heterocycles. The number of unbranched alkanes of at least 4 members (excludes halogenated alkanes) is 15. The number of rotatable bonds is 29. The second kappa shape index (κ2) is 24.0. The first kappa shape index (κ1) is 38.4. The zero-order chi connectivity index (χ0) is 30.2. The van der Waals surface area contributed by atoms with Gasteiger partial charge in [0.25, 0.3) is 0 Å². The number of carboxylic acids is 3. The average molecular weight is 571 g/mol. The van der Waals surface area contributed by atoms with E-state index < -0.39 is 36.0 Å². The summed E-state index contributed by atoms with van der Waals surface area (Å²) >= 11 is 0. The molecule has 7 heteroatoms. The van der Waals surface area contributed by atoms with Gasteiger partial charge in [0.05, 0.1) is 6.54 Å². The van der Waals surface area contributed by atoms with Crippen LogP contribution in [0.3, 0.4) is 0 Å². The predicted molar refractivity (Wildman–Crippen MR) is 164 cm³/mol. The molecule has 0 saturated heterocycles. The molecule has 3 atom stereocenters. The molecule has 0 amide bonds. The molecular weight excluding hydrogens is 506 g/mol. The molecule has 0 aromatic carbocycles. The Labute approximate surface area is 245 Å². The van der Waals surface area contributed by atoms with Crippen molar-refractivity contribution in [1.82, 2.24) is 0 Å². The molecule has 0 heterocycles. The Balaban J connectivity index is 5.04. The molecule has 7 nitrogen and oxygen atoms in total. The van der Waals surface area contributed by atoms with E-state index >= 15 is 0 Å². The molecule has 0 aromatic rings. The van der Waals surface area contributed by atoms with E-state index in [-0.39, 0.29) is 30.3 Å². The molecule has 3 N–H and O–H groups in total. The molecule has 0 spiro atoms. The fraction of sp³-hybridized carbons (Fsp3) is 0.909. The summed E-state index contributed by atoms with van der Waals surface area (Å²) in [7, 11) is 0. The van der Waals surface area contributed by atoms with Gasteiger partial charge < -0.3 is 15.3 Å². The predicted octanol–water partition coefficient (Wildman–Crippen LogP) is 8.82. The summed E-state index contributed by atoms with van der Waals surface area (Å²) in [5, 5.41) is 30.8. The van der Waals surface area contributed by atoms with Gasteiger partial charge in [-0.2, -0.15) is 0 Å². The van der Waals surface area contributed by atoms with Gasteiger partial charge in [0, 0.05) is 19.3 Å². The van der Waals surface area contributed by atoms with E-state index in [0.29, 0.717) is 25.7 Å². The number of aliphatic carboxylic acids is 3. The first-order chi connectivity index (χ1) is 19.2. The highest BCUT2D eigenvalue weighted by molar-refractivity contribution is 5.78. The minimum absolute atomic E-state index is 0.273. The third kappa shape index (κ3) is 14.3. The summed E-state index contributed by atoms with van der Waals surface area (Å²) in [6.45, 7) is 8.17. The van der Waals surface area contributed by atoms with E-state index in [0.717, 1.165) is 19.3 Å². The van der Waals surface area contributed by atoms with Crippen LogP contribution in [-0.4, -0.2) is 62.4 Å². The summed E-state index contributed by atoms with van der Waals surface area (Å²) in [6, 6.07) is -3.12. The van der Waals surface area contributed by atoms with Crippen molar-refractivity contribution in [2.75, 3.05) is 6.54 Å². The van der Waals surface area contributed by atoms with Crippen LogP contribution >= 0.6 is 0 Å². The van der Waals surface area contributed by atoms with Crippen LogP contribution in [0.4, 0.5) is 0 Å². The molecule has 236 valence electrons. The summed E-state index contributed by atoms with van der Waals surface area (Å²) < 4.78 is -0.367. The number of hydrogen-bond acceptors (Lipinski definition) is 3. The monoisotopic (exact) mass is 570 g/mol. The van der Waals surface area contributed by atoms with E-state index in [1.165, 1.54) is 77.0 Å². The second-order valence-corrected chi connectivity index (χ2v) is 11.9. The molecule has 0 bridgehead atoms. The van der Waals surface area contributed by atoms with E-state index in [4.69, 9.17) is 0 Å². The Morgan fingerprint density at radius 2 is 0.675 bits per heavy atom. The van der Waals surface area contributed by atoms with Crippen molar-refractivity contribution in [3.63, 3.8) is 0 Å². The Morgan fingerprint density at radius 1 is 0.425 bits per heavy atom. The first-order valence-electron chi connectivity index (χ1n) is 16.8. The molecule has 0 aliphatic carbocycles. The molecule has 0 aliphatic heterocycles. The lowest BCUT2D eigenvalue weighted by Crippen LogP contribution is -2.72. The van der Waals surface area contributed by atoms with Gasteiger partial charge in [0.15, 0.2) is 18.1 Å². The third-order valence-electron chi connectivity index (χ3n) is 8.68. The Bertz CT molecular complexity index is 608. The van der Waals surface area contributed by atoms with Crippen LogP contribution in [0.15, 0.2) is 0 Å². The number of hydrogen-bond donors (Lipinski definition) is 3. The van der Waals surface area contributed by atoms with Crippen LogP contribution in [0.1, 0.15) is 169 Å². The van der Waals surface area contributed by atoms with Crippen LogP contribution in [-0.2, 0) is 14.4 Å². The average Bonchev–Trinajstić information content (AvgIpc) is 2.91. The van der Waals surface area contributed by atoms with Crippen LogP contribution in [0, 0.1) is 0 Å². The van der Waals surface area contributed by atoms with E-state index in [1.54, 1.807) is 0 Å². The summed E-state index contributed by atoms with van der Waals surface area (Å²) in [4.78, 5) is 37.7. The SMILES string of the molecule is CCCCCCCCCCCCCCCCCC[N+](C(CCC)C(=O)O)(C(CCC)C(=O)O)C(CCC)C(=O)O. The van der Waals surface area contributed by atoms with Gasteiger partial charge in [0.1, 0.15) is 0 Å². The third-order valence-corrected chi connectivity index (χ3v) is 8.68. The summed E-state index contributed by atoms with van der Waals surface area (Å²) in [5.74, 6) is -3.24. The van der Waals surface area contributed by atoms with Crippen LogP contribution in [0.25, 0.3) is 0 Å². The fourth-order valence-electron chi connectivity index (χ4n) is 6.58. The topological polar surface area (TPSA) is 112 Å². The number of nitrogens with zero attached hydrogens (tertiary/aromatic N) is 1. The molecule has 0 saturated carbocycles. The lowest BCUT2D eigenvalue weighted by atomic mass is 9.91. The van der Waals surface area contributed by atoms with Gasteiger partial charge in [0.2, 0.25) is 0 Å². The molecule has 40 heavy (non-hydrogen) atoms. The second-order valence-electron chi connectivity index (χ2n) is 11.9. The summed E-state index contributed by atoms with van der Waals surface area (Å²) in [5.41, 5.74) is 0. The maximum atomic E-state index is 12.6. The lowest BCUT2D eigenvalue weighted by molar-refractivity contribution is -0.973. The Morgan fingerprint density at radius 3 is 0.900 bits per heavy atom. The van der Waals surface area contributed by atoms with Gasteiger partial charge in [-0.25, -0.2) is 14.4 Å². The van der Waals surface area contributed by atoms with Gasteiger partial charge in [-0.05, 0) is 32.1 Å². The van der Waals surface area contributed by atoms with Gasteiger partial charge in [-0.15, -0.1) is 0 Å². The number of quaternary nitrogens is 1. The molecule has 0 radical (unpaired) electrons. The highest BCUT2D eigenvalue weighted by Crippen LogP contribution is 2.34. The van der Waals surface area contributed by atoms with Gasteiger partial charge in [-0.1, -0.05) is 118 Å². The van der Waals surface area contributed by atoms with Crippen molar-refractivity contribution in [3.8, 4) is 0 Å². The fourth-order valence-corrected chi connectivity index (χ4v) is 6.58. The zero-order valence-corrected chi connectivity index (χ0v) is 26.5. The van der Waals surface area contributed by atoms with Crippen LogP contribution in [0.2, 0.25) is 0 Å². The highest BCUT2D eigenvalue weighted by Gasteiger charge is 2.56. The van der Waals surface area contributed by atoms with E-state index in [2.05, 4.69) is 6.92 Å². The Kier molecular flexibility index (Phi) is 23.0. The molecule has 3 unspecified atom stereocenters. The molecular formula is C33H64NO6+. The quantitative estimate of drug-likeness (QED) is 0.0612. The minimum Gasteiger partial charge on any atom is -0.477 e. The van der Waals surface area contributed by atoms with Crippen LogP contribution in [0.5, 0.6) is 0 Å². The Hall–Kier alpha value is -1.63. The maximum absolute atomic E-state index is 12.6. The summed E-state index contributed by atoms with van der Waals surface area (Å²) in [6.07, 6.45) is 22.0. The highest BCUT2D eigenvalue weighted by atomic mass is 16.4. The largest absolute Gasteiger partial charge is 0.477 e. The zero-order valence-electron chi connectivity index (χ0n) is 26.5. The molecule has 0 fully saturated rings.